The Morgan fingerprint density at radius 2 is 1.83 bits per heavy atom. The third kappa shape index (κ3) is 4.20. The van der Waals surface area contributed by atoms with Gasteiger partial charge in [0.2, 0.25) is 0 Å². The maximum Gasteiger partial charge on any atom is 0.273 e. The Hall–Kier alpha value is -3.60. The summed E-state index contributed by atoms with van der Waals surface area (Å²) < 4.78 is 5.78. The number of fused-ring (bicyclic) bond motifs is 1. The van der Waals surface area contributed by atoms with Crippen LogP contribution in [-0.2, 0) is 0 Å². The van der Waals surface area contributed by atoms with Gasteiger partial charge < -0.3 is 9.84 Å². The summed E-state index contributed by atoms with van der Waals surface area (Å²) in [6.45, 7) is 6.06. The molecule has 0 unspecified atom stereocenters. The predicted octanol–water partition coefficient (Wildman–Crippen LogP) is 5.05. The van der Waals surface area contributed by atoms with E-state index in [2.05, 4.69) is 15.3 Å². The van der Waals surface area contributed by atoms with Crippen LogP contribution >= 0.6 is 0 Å². The van der Waals surface area contributed by atoms with Crippen LogP contribution in [0.1, 0.15) is 36.6 Å². The van der Waals surface area contributed by atoms with Crippen LogP contribution in [0.5, 0.6) is 11.5 Å². The standard InChI is InChI=1S/C25H25N3O2/c1-16(2)30-20-9-6-19(7-10-20)23(28-22-15-17(3)12-14-26-22)21-11-8-18-5-4-13-27-24(18)25(21)29/h4-16,23,29H,1-3H3,(H,26,28)/p+1/t23-/m0/s1. The minimum Gasteiger partial charge on any atom is -0.505 e. The Kier molecular flexibility index (Phi) is 5.53. The summed E-state index contributed by atoms with van der Waals surface area (Å²) in [5.74, 6) is 1.86. The van der Waals surface area contributed by atoms with Crippen molar-refractivity contribution in [3.63, 3.8) is 0 Å². The molecule has 152 valence electrons. The van der Waals surface area contributed by atoms with Crippen molar-refractivity contribution in [2.24, 2.45) is 0 Å². The summed E-state index contributed by atoms with van der Waals surface area (Å²) in [6, 6.07) is 19.5. The van der Waals surface area contributed by atoms with Crippen LogP contribution in [0.3, 0.4) is 0 Å². The van der Waals surface area contributed by atoms with Gasteiger partial charge in [-0.15, -0.1) is 0 Å². The highest BCUT2D eigenvalue weighted by molar-refractivity contribution is 5.86. The molecule has 0 spiro atoms. The molecule has 2 aromatic heterocycles. The molecule has 0 saturated heterocycles. The van der Waals surface area contributed by atoms with E-state index < -0.39 is 0 Å². The summed E-state index contributed by atoms with van der Waals surface area (Å²) in [7, 11) is 0. The van der Waals surface area contributed by atoms with Crippen molar-refractivity contribution < 1.29 is 14.8 Å². The number of aromatic nitrogens is 2. The lowest BCUT2D eigenvalue weighted by atomic mass is 9.96. The van der Waals surface area contributed by atoms with E-state index in [9.17, 15) is 5.11 Å². The van der Waals surface area contributed by atoms with Gasteiger partial charge in [0.05, 0.1) is 12.3 Å². The van der Waals surface area contributed by atoms with E-state index in [4.69, 9.17) is 4.74 Å². The molecule has 2 heterocycles. The second-order valence-corrected chi connectivity index (χ2v) is 7.67. The van der Waals surface area contributed by atoms with Gasteiger partial charge in [0.25, 0.3) is 5.82 Å². The quantitative estimate of drug-likeness (QED) is 0.475. The number of nitrogens with zero attached hydrogens (tertiary/aromatic N) is 1. The van der Waals surface area contributed by atoms with Crippen LogP contribution in [0.15, 0.2) is 73.1 Å². The van der Waals surface area contributed by atoms with Crippen LogP contribution in [0.2, 0.25) is 0 Å². The number of pyridine rings is 2. The number of hydrogen-bond donors (Lipinski definition) is 2. The maximum atomic E-state index is 11.0. The van der Waals surface area contributed by atoms with E-state index in [0.29, 0.717) is 5.52 Å². The lowest BCUT2D eigenvalue weighted by molar-refractivity contribution is -0.361. The third-order valence-corrected chi connectivity index (χ3v) is 4.93. The van der Waals surface area contributed by atoms with Crippen molar-refractivity contribution in [1.82, 2.24) is 4.98 Å². The van der Waals surface area contributed by atoms with Crippen molar-refractivity contribution in [1.29, 1.82) is 0 Å². The first kappa shape index (κ1) is 19.7. The number of aromatic amines is 1. The Bertz CT molecular complexity index is 1160. The maximum absolute atomic E-state index is 11.0. The van der Waals surface area contributed by atoms with Gasteiger partial charge in [0, 0.05) is 28.8 Å². The van der Waals surface area contributed by atoms with E-state index in [1.807, 2.05) is 87.6 Å². The second kappa shape index (κ2) is 8.41. The molecule has 5 heteroatoms. The monoisotopic (exact) mass is 400 g/mol. The molecule has 2 aromatic carbocycles. The molecule has 0 radical (unpaired) electrons. The zero-order valence-corrected chi connectivity index (χ0v) is 17.4. The van der Waals surface area contributed by atoms with Crippen molar-refractivity contribution in [2.75, 3.05) is 5.32 Å². The first-order valence-corrected chi connectivity index (χ1v) is 10.1. The highest BCUT2D eigenvalue weighted by Crippen LogP contribution is 2.36. The molecular formula is C25H26N3O2+. The van der Waals surface area contributed by atoms with Gasteiger partial charge in [-0.1, -0.05) is 24.3 Å². The molecule has 0 fully saturated rings. The number of rotatable bonds is 6. The number of ether oxygens (including phenoxy) is 1. The number of aryl methyl sites for hydroxylation is 1. The van der Waals surface area contributed by atoms with Gasteiger partial charge >= 0.3 is 0 Å². The number of H-pyrrole nitrogens is 1. The Morgan fingerprint density at radius 1 is 1.03 bits per heavy atom. The van der Waals surface area contributed by atoms with Crippen LogP contribution in [-0.4, -0.2) is 16.2 Å². The fourth-order valence-electron chi connectivity index (χ4n) is 3.55. The van der Waals surface area contributed by atoms with Gasteiger partial charge in [-0.2, -0.15) is 0 Å². The smallest absolute Gasteiger partial charge is 0.273 e. The summed E-state index contributed by atoms with van der Waals surface area (Å²) in [5, 5.41) is 15.5. The van der Waals surface area contributed by atoms with Crippen LogP contribution in [0.25, 0.3) is 10.9 Å². The molecule has 30 heavy (non-hydrogen) atoms. The number of aromatic hydroxyl groups is 1. The molecule has 0 bridgehead atoms. The number of hydrogen-bond acceptors (Lipinski definition) is 4. The molecule has 0 amide bonds. The highest BCUT2D eigenvalue weighted by atomic mass is 16.5. The molecule has 3 N–H and O–H groups in total. The molecular weight excluding hydrogens is 374 g/mol. The number of phenolic OH excluding ortho intramolecular Hbond substituents is 1. The van der Waals surface area contributed by atoms with Crippen LogP contribution in [0.4, 0.5) is 5.82 Å². The van der Waals surface area contributed by atoms with Crippen LogP contribution < -0.4 is 15.0 Å². The lowest BCUT2D eigenvalue weighted by Gasteiger charge is -2.18. The van der Waals surface area contributed by atoms with E-state index >= 15 is 0 Å². The Morgan fingerprint density at radius 3 is 2.57 bits per heavy atom. The minimum absolute atomic E-state index is 0.113. The van der Waals surface area contributed by atoms with Gasteiger partial charge in [-0.05, 0) is 56.7 Å². The fourth-order valence-corrected chi connectivity index (χ4v) is 3.55. The largest absolute Gasteiger partial charge is 0.505 e. The number of nitrogens with one attached hydrogen (secondary N) is 2. The van der Waals surface area contributed by atoms with E-state index in [1.54, 1.807) is 6.20 Å². The number of phenols is 1. The van der Waals surface area contributed by atoms with Gasteiger partial charge in [-0.3, -0.25) is 10.3 Å². The van der Waals surface area contributed by atoms with Crippen molar-refractivity contribution in [2.45, 2.75) is 32.9 Å². The van der Waals surface area contributed by atoms with Crippen LogP contribution in [0, 0.1) is 6.92 Å². The number of anilines is 1. The predicted molar refractivity (Wildman–Crippen MR) is 119 cm³/mol. The minimum atomic E-state index is -0.275. The van der Waals surface area contributed by atoms with Crippen molar-refractivity contribution >= 4 is 16.7 Å². The van der Waals surface area contributed by atoms with Crippen molar-refractivity contribution in [3.8, 4) is 11.5 Å². The Labute approximate surface area is 176 Å². The summed E-state index contributed by atoms with van der Waals surface area (Å²) in [4.78, 5) is 7.62. The second-order valence-electron chi connectivity index (χ2n) is 7.67. The zero-order chi connectivity index (χ0) is 21.1. The summed E-state index contributed by atoms with van der Waals surface area (Å²) in [5.41, 5.74) is 3.50. The first-order valence-electron chi connectivity index (χ1n) is 10.1. The van der Waals surface area contributed by atoms with E-state index in [0.717, 1.165) is 33.6 Å². The first-order chi connectivity index (χ1) is 14.5. The topological polar surface area (TPSA) is 68.5 Å². The Balaban J connectivity index is 1.78. The molecule has 0 aliphatic heterocycles. The zero-order valence-electron chi connectivity index (χ0n) is 17.4. The molecule has 0 aliphatic carbocycles. The average Bonchev–Trinajstić information content (AvgIpc) is 2.73. The average molecular weight is 401 g/mol. The van der Waals surface area contributed by atoms with Gasteiger partial charge in [0.15, 0.2) is 0 Å². The van der Waals surface area contributed by atoms with E-state index in [1.165, 1.54) is 0 Å². The highest BCUT2D eigenvalue weighted by Gasteiger charge is 2.24. The SMILES string of the molecule is Cc1cc[nH+]c(N[C@@H](c2ccc(OC(C)C)cc2)c2ccc3cccnc3c2O)c1. The van der Waals surface area contributed by atoms with Crippen molar-refractivity contribution in [3.05, 3.63) is 89.7 Å². The summed E-state index contributed by atoms with van der Waals surface area (Å²) in [6.07, 6.45) is 3.71. The third-order valence-electron chi connectivity index (χ3n) is 4.93. The normalized spacial score (nSPS) is 12.1. The molecule has 0 saturated carbocycles. The van der Waals surface area contributed by atoms with Gasteiger partial charge in [-0.25, -0.2) is 4.98 Å². The lowest BCUT2D eigenvalue weighted by Crippen LogP contribution is -2.19. The summed E-state index contributed by atoms with van der Waals surface area (Å²) >= 11 is 0. The van der Waals surface area contributed by atoms with E-state index in [-0.39, 0.29) is 17.9 Å². The number of benzene rings is 2. The fraction of sp³-hybridized carbons (Fsp3) is 0.200. The molecule has 4 rings (SSSR count). The molecule has 0 aliphatic rings. The van der Waals surface area contributed by atoms with Gasteiger partial charge in [0.1, 0.15) is 23.1 Å². The molecule has 5 nitrogen and oxygen atoms in total. The molecule has 1 atom stereocenters. The molecule has 4 aromatic rings.